The molecule has 34 heavy (non-hydrogen) atoms. The number of nitrogens with one attached hydrogen (secondary N) is 2. The van der Waals surface area contributed by atoms with Crippen LogP contribution < -0.4 is 10.6 Å². The number of aliphatic imine (C=N–C) groups is 1. The van der Waals surface area contributed by atoms with E-state index in [1.165, 1.54) is 23.3 Å². The van der Waals surface area contributed by atoms with E-state index in [-0.39, 0.29) is 17.9 Å². The van der Waals surface area contributed by atoms with Gasteiger partial charge in [-0.25, -0.2) is 0 Å². The van der Waals surface area contributed by atoms with Gasteiger partial charge >= 0.3 is 0 Å². The number of likely N-dealkylation sites (tertiary alicyclic amines) is 1. The average molecular weight is 462 g/mol. The Hall–Kier alpha value is -2.41. The molecule has 2 unspecified atom stereocenters. The third kappa shape index (κ3) is 3.55. The number of allylic oxidation sites excluding steroid dienone is 3. The molecule has 2 amide bonds. The van der Waals surface area contributed by atoms with Crippen molar-refractivity contribution in [1.29, 1.82) is 0 Å². The van der Waals surface area contributed by atoms with Crippen LogP contribution >= 0.6 is 0 Å². The van der Waals surface area contributed by atoms with E-state index in [1.54, 1.807) is 0 Å². The molecule has 0 radical (unpaired) electrons. The summed E-state index contributed by atoms with van der Waals surface area (Å²) >= 11 is 0. The van der Waals surface area contributed by atoms with Crippen molar-refractivity contribution in [1.82, 2.24) is 20.4 Å². The van der Waals surface area contributed by atoms with Crippen LogP contribution in [0.15, 0.2) is 40.1 Å². The van der Waals surface area contributed by atoms with Crippen LogP contribution in [0.25, 0.3) is 0 Å². The first-order valence-corrected chi connectivity index (χ1v) is 13.4. The van der Waals surface area contributed by atoms with Gasteiger partial charge in [-0.05, 0) is 74.5 Å². The van der Waals surface area contributed by atoms with Gasteiger partial charge in [-0.3, -0.25) is 19.5 Å². The van der Waals surface area contributed by atoms with Crippen molar-refractivity contribution in [2.24, 2.45) is 22.7 Å². The lowest BCUT2D eigenvalue weighted by Gasteiger charge is -2.31. The Balaban J connectivity index is 1.04. The van der Waals surface area contributed by atoms with Crippen molar-refractivity contribution in [2.45, 2.75) is 62.9 Å². The monoisotopic (exact) mass is 461 g/mol. The summed E-state index contributed by atoms with van der Waals surface area (Å²) in [5.41, 5.74) is 3.79. The summed E-state index contributed by atoms with van der Waals surface area (Å²) in [5, 5.41) is 7.23. The van der Waals surface area contributed by atoms with Crippen LogP contribution in [0.3, 0.4) is 0 Å². The van der Waals surface area contributed by atoms with Crippen LogP contribution in [0.1, 0.15) is 51.4 Å². The number of amides is 2. The molecule has 180 valence electrons. The maximum absolute atomic E-state index is 13.3. The van der Waals surface area contributed by atoms with Gasteiger partial charge in [-0.1, -0.05) is 12.2 Å². The van der Waals surface area contributed by atoms with Gasteiger partial charge in [-0.2, -0.15) is 0 Å². The highest BCUT2D eigenvalue weighted by Crippen LogP contribution is 2.46. The molecular weight excluding hydrogens is 426 g/mol. The second-order valence-corrected chi connectivity index (χ2v) is 11.5. The molecule has 7 nitrogen and oxygen atoms in total. The summed E-state index contributed by atoms with van der Waals surface area (Å²) in [7, 11) is 0. The number of nitrogens with zero attached hydrogens (tertiary/aromatic N) is 3. The van der Waals surface area contributed by atoms with E-state index in [2.05, 4.69) is 28.9 Å². The maximum atomic E-state index is 13.3. The largest absolute Gasteiger partial charge is 0.388 e. The maximum Gasteiger partial charge on any atom is 0.255 e. The summed E-state index contributed by atoms with van der Waals surface area (Å²) in [6, 6.07) is 0.0988. The molecule has 0 aromatic rings. The minimum absolute atomic E-state index is 0.0988. The predicted octanol–water partition coefficient (Wildman–Crippen LogP) is 2.13. The van der Waals surface area contributed by atoms with Gasteiger partial charge < -0.3 is 15.5 Å². The van der Waals surface area contributed by atoms with Crippen LogP contribution in [0.2, 0.25) is 0 Å². The highest BCUT2D eigenvalue weighted by atomic mass is 16.2. The number of hydrogen-bond acceptors (Lipinski definition) is 5. The Morgan fingerprint density at radius 3 is 2.79 bits per heavy atom. The van der Waals surface area contributed by atoms with Crippen molar-refractivity contribution in [3.05, 3.63) is 35.1 Å². The molecule has 0 bridgehead atoms. The van der Waals surface area contributed by atoms with Gasteiger partial charge in [0, 0.05) is 50.3 Å². The van der Waals surface area contributed by atoms with E-state index in [0.29, 0.717) is 24.3 Å². The fourth-order valence-corrected chi connectivity index (χ4v) is 6.55. The molecule has 7 heteroatoms. The quantitative estimate of drug-likeness (QED) is 0.658. The minimum atomic E-state index is -0.467. The molecule has 7 rings (SSSR count). The number of fused-ring (bicyclic) bond motifs is 1. The fraction of sp³-hybridized carbons (Fsp3) is 0.667. The van der Waals surface area contributed by atoms with E-state index >= 15 is 0 Å². The molecule has 7 aliphatic rings. The lowest BCUT2D eigenvalue weighted by molar-refractivity contribution is -0.131. The van der Waals surface area contributed by atoms with Crippen molar-refractivity contribution < 1.29 is 9.59 Å². The van der Waals surface area contributed by atoms with Gasteiger partial charge in [0.2, 0.25) is 5.91 Å². The predicted molar refractivity (Wildman–Crippen MR) is 130 cm³/mol. The highest BCUT2D eigenvalue weighted by molar-refractivity contribution is 6.11. The molecule has 1 spiro atoms. The highest BCUT2D eigenvalue weighted by Gasteiger charge is 2.58. The third-order valence-corrected chi connectivity index (χ3v) is 8.99. The van der Waals surface area contributed by atoms with E-state index < -0.39 is 5.54 Å². The Bertz CT molecular complexity index is 1050. The molecule has 3 atom stereocenters. The second kappa shape index (κ2) is 7.80. The molecule has 0 aromatic heterocycles. The van der Waals surface area contributed by atoms with Crippen molar-refractivity contribution >= 4 is 17.6 Å². The first kappa shape index (κ1) is 20.9. The van der Waals surface area contributed by atoms with Gasteiger partial charge in [0.25, 0.3) is 5.91 Å². The number of amidine groups is 1. The SMILES string of the molecule is O=C(C1CC1)N1CC[C@@H](CN2C(=O)C3(CC3)N=C2C2CC=C(C3=CC=C4NCCC4C3)CN2)C1. The number of carbonyl (C=O) groups is 2. The minimum Gasteiger partial charge on any atom is -0.388 e. The Morgan fingerprint density at radius 1 is 1.15 bits per heavy atom. The van der Waals surface area contributed by atoms with Crippen molar-refractivity contribution in [3.8, 4) is 0 Å². The molecule has 4 aliphatic heterocycles. The van der Waals surface area contributed by atoms with E-state index in [0.717, 1.165) is 77.0 Å². The zero-order valence-corrected chi connectivity index (χ0v) is 19.9. The van der Waals surface area contributed by atoms with E-state index in [1.807, 2.05) is 9.80 Å². The second-order valence-electron chi connectivity index (χ2n) is 11.5. The lowest BCUT2D eigenvalue weighted by atomic mass is 9.86. The summed E-state index contributed by atoms with van der Waals surface area (Å²) in [6.07, 6.45) is 15.0. The van der Waals surface area contributed by atoms with Gasteiger partial charge in [0.05, 0.1) is 6.04 Å². The van der Waals surface area contributed by atoms with Crippen LogP contribution in [0, 0.1) is 17.8 Å². The summed E-state index contributed by atoms with van der Waals surface area (Å²) in [5.74, 6) is 2.77. The van der Waals surface area contributed by atoms with E-state index in [4.69, 9.17) is 4.99 Å². The van der Waals surface area contributed by atoms with Gasteiger partial charge in [0.1, 0.15) is 11.4 Å². The smallest absolute Gasteiger partial charge is 0.255 e. The third-order valence-electron chi connectivity index (χ3n) is 8.99. The van der Waals surface area contributed by atoms with E-state index in [9.17, 15) is 9.59 Å². The summed E-state index contributed by atoms with van der Waals surface area (Å²) in [4.78, 5) is 34.9. The Morgan fingerprint density at radius 2 is 2.03 bits per heavy atom. The zero-order valence-electron chi connectivity index (χ0n) is 19.9. The van der Waals surface area contributed by atoms with Crippen LogP contribution in [-0.2, 0) is 9.59 Å². The van der Waals surface area contributed by atoms with Gasteiger partial charge in [0.15, 0.2) is 0 Å². The van der Waals surface area contributed by atoms with Crippen LogP contribution in [-0.4, -0.2) is 71.8 Å². The number of carbonyl (C=O) groups excluding carboxylic acids is 2. The van der Waals surface area contributed by atoms with Crippen molar-refractivity contribution in [3.63, 3.8) is 0 Å². The molecule has 2 saturated carbocycles. The molecule has 4 heterocycles. The summed E-state index contributed by atoms with van der Waals surface area (Å²) in [6.45, 7) is 4.27. The summed E-state index contributed by atoms with van der Waals surface area (Å²) < 4.78 is 0. The standard InChI is InChI=1S/C27H35N5O2/c33-25(18-1-2-18)31-12-8-17(15-31)16-32-24(30-27(9-10-27)26(32)34)23-6-4-21(14-29-23)19-3-5-22-20(13-19)7-11-28-22/h3-5,17-18,20,23,28-29H,1-2,6-16H2/t17-,20?,23?/m1/s1. The zero-order chi connectivity index (χ0) is 22.9. The lowest BCUT2D eigenvalue weighted by Crippen LogP contribution is -2.50. The van der Waals surface area contributed by atoms with Crippen LogP contribution in [0.5, 0.6) is 0 Å². The molecule has 3 aliphatic carbocycles. The number of hydrogen-bond donors (Lipinski definition) is 2. The molecule has 0 aromatic carbocycles. The Labute approximate surface area is 201 Å². The first-order valence-electron chi connectivity index (χ1n) is 13.4. The van der Waals surface area contributed by atoms with Crippen molar-refractivity contribution in [2.75, 3.05) is 32.7 Å². The number of rotatable bonds is 5. The molecule has 2 N–H and O–H groups in total. The first-order chi connectivity index (χ1) is 16.6. The molecular formula is C27H35N5O2. The average Bonchev–Trinajstić information content (AvgIpc) is 3.74. The molecule has 2 saturated heterocycles. The normalized spacial score (nSPS) is 33.9. The fourth-order valence-electron chi connectivity index (χ4n) is 6.55. The topological polar surface area (TPSA) is 77.0 Å². The van der Waals surface area contributed by atoms with Crippen LogP contribution in [0.4, 0.5) is 0 Å². The van der Waals surface area contributed by atoms with Gasteiger partial charge in [-0.15, -0.1) is 0 Å². The Kier molecular flexibility index (Phi) is 4.80. The molecule has 4 fully saturated rings.